The molecule has 0 spiro atoms. The Labute approximate surface area is 119 Å². The molecule has 0 bridgehead atoms. The minimum absolute atomic E-state index is 0.435. The van der Waals surface area contributed by atoms with E-state index in [4.69, 9.17) is 4.42 Å². The van der Waals surface area contributed by atoms with Gasteiger partial charge in [-0.15, -0.1) is 0 Å². The van der Waals surface area contributed by atoms with Gasteiger partial charge in [0.2, 0.25) is 0 Å². The smallest absolute Gasteiger partial charge is 0.169 e. The molecular formula is C15H12BrNO2. The van der Waals surface area contributed by atoms with E-state index in [-0.39, 0.29) is 0 Å². The van der Waals surface area contributed by atoms with Gasteiger partial charge in [0.15, 0.2) is 4.67 Å². The predicted octanol–water partition coefficient (Wildman–Crippen LogP) is 3.87. The molecule has 1 aromatic carbocycles. The standard InChI is InChI=1S/C15H12BrNO2/c16-15-8-7-14(19-15)13(18)9-11-6-5-10-3-1-2-4-12(10)17-11/h1-8,13,18H,9H2. The second kappa shape index (κ2) is 5.15. The highest BCUT2D eigenvalue weighted by Crippen LogP contribution is 2.23. The first-order valence-electron chi connectivity index (χ1n) is 6.00. The van der Waals surface area contributed by atoms with Crippen LogP contribution < -0.4 is 0 Å². The summed E-state index contributed by atoms with van der Waals surface area (Å²) in [5, 5.41) is 11.2. The van der Waals surface area contributed by atoms with E-state index >= 15 is 0 Å². The SMILES string of the molecule is OC(Cc1ccc2ccccc2n1)c1ccc(Br)o1. The molecule has 2 heterocycles. The number of aliphatic hydroxyl groups excluding tert-OH is 1. The highest BCUT2D eigenvalue weighted by atomic mass is 79.9. The molecule has 0 saturated carbocycles. The third-order valence-corrected chi connectivity index (χ3v) is 3.41. The molecule has 3 aromatic rings. The van der Waals surface area contributed by atoms with Crippen molar-refractivity contribution < 1.29 is 9.52 Å². The zero-order valence-electron chi connectivity index (χ0n) is 10.1. The Morgan fingerprint density at radius 2 is 1.95 bits per heavy atom. The lowest BCUT2D eigenvalue weighted by Crippen LogP contribution is -2.02. The van der Waals surface area contributed by atoms with Gasteiger partial charge in [-0.25, -0.2) is 0 Å². The Morgan fingerprint density at radius 1 is 1.11 bits per heavy atom. The maximum Gasteiger partial charge on any atom is 0.169 e. The van der Waals surface area contributed by atoms with Crippen molar-refractivity contribution >= 4 is 26.8 Å². The highest BCUT2D eigenvalue weighted by Gasteiger charge is 2.13. The maximum atomic E-state index is 10.1. The molecule has 0 amide bonds. The average molecular weight is 318 g/mol. The Hall–Kier alpha value is -1.65. The van der Waals surface area contributed by atoms with Crippen LogP contribution in [-0.4, -0.2) is 10.1 Å². The van der Waals surface area contributed by atoms with Crippen molar-refractivity contribution in [3.05, 3.63) is 64.7 Å². The summed E-state index contributed by atoms with van der Waals surface area (Å²) in [4.78, 5) is 4.53. The summed E-state index contributed by atoms with van der Waals surface area (Å²) in [5.74, 6) is 0.543. The first kappa shape index (κ1) is 12.4. The lowest BCUT2D eigenvalue weighted by molar-refractivity contribution is 0.148. The van der Waals surface area contributed by atoms with Gasteiger partial charge in [0.25, 0.3) is 0 Å². The van der Waals surface area contributed by atoms with Crippen LogP contribution in [0.2, 0.25) is 0 Å². The second-order valence-corrected chi connectivity index (χ2v) is 5.14. The molecular weight excluding hydrogens is 306 g/mol. The third kappa shape index (κ3) is 2.69. The summed E-state index contributed by atoms with van der Waals surface area (Å²) in [6, 6.07) is 15.4. The van der Waals surface area contributed by atoms with Crippen molar-refractivity contribution in [2.24, 2.45) is 0 Å². The molecule has 4 heteroatoms. The first-order chi connectivity index (χ1) is 9.22. The van der Waals surface area contributed by atoms with Crippen LogP contribution in [-0.2, 0) is 6.42 Å². The monoisotopic (exact) mass is 317 g/mol. The second-order valence-electron chi connectivity index (χ2n) is 4.36. The number of rotatable bonds is 3. The Balaban J connectivity index is 1.84. The van der Waals surface area contributed by atoms with Crippen LogP contribution in [0.5, 0.6) is 0 Å². The van der Waals surface area contributed by atoms with E-state index in [1.807, 2.05) is 36.4 Å². The van der Waals surface area contributed by atoms with Crippen LogP contribution in [0.15, 0.2) is 57.6 Å². The van der Waals surface area contributed by atoms with E-state index < -0.39 is 6.10 Å². The molecule has 3 rings (SSSR count). The lowest BCUT2D eigenvalue weighted by atomic mass is 10.1. The molecule has 2 aromatic heterocycles. The normalized spacial score (nSPS) is 12.7. The number of hydrogen-bond donors (Lipinski definition) is 1. The summed E-state index contributed by atoms with van der Waals surface area (Å²) in [6.45, 7) is 0. The summed E-state index contributed by atoms with van der Waals surface area (Å²) < 4.78 is 5.96. The molecule has 1 N–H and O–H groups in total. The van der Waals surface area contributed by atoms with Gasteiger partial charge < -0.3 is 9.52 Å². The van der Waals surface area contributed by atoms with Gasteiger partial charge in [-0.05, 0) is 40.2 Å². The van der Waals surface area contributed by atoms with Crippen LogP contribution >= 0.6 is 15.9 Å². The Morgan fingerprint density at radius 3 is 2.74 bits per heavy atom. The lowest BCUT2D eigenvalue weighted by Gasteiger charge is -2.08. The van der Waals surface area contributed by atoms with Gasteiger partial charge >= 0.3 is 0 Å². The average Bonchev–Trinajstić information content (AvgIpc) is 2.85. The zero-order valence-corrected chi connectivity index (χ0v) is 11.7. The minimum Gasteiger partial charge on any atom is -0.452 e. The van der Waals surface area contributed by atoms with Gasteiger partial charge in [0.1, 0.15) is 11.9 Å². The van der Waals surface area contributed by atoms with Gasteiger partial charge in [-0.3, -0.25) is 4.98 Å². The zero-order chi connectivity index (χ0) is 13.2. The van der Waals surface area contributed by atoms with Crippen LogP contribution in [0, 0.1) is 0 Å². The van der Waals surface area contributed by atoms with Crippen molar-refractivity contribution in [1.29, 1.82) is 0 Å². The summed E-state index contributed by atoms with van der Waals surface area (Å²) in [5.41, 5.74) is 1.78. The molecule has 1 atom stereocenters. The number of halogens is 1. The van der Waals surface area contributed by atoms with Crippen molar-refractivity contribution in [2.75, 3.05) is 0 Å². The molecule has 1 unspecified atom stereocenters. The summed E-state index contributed by atoms with van der Waals surface area (Å²) >= 11 is 3.23. The fourth-order valence-electron chi connectivity index (χ4n) is 2.03. The van der Waals surface area contributed by atoms with Crippen molar-refractivity contribution in [3.8, 4) is 0 Å². The Bertz CT molecular complexity index is 708. The number of fused-ring (bicyclic) bond motifs is 1. The molecule has 0 fully saturated rings. The fraction of sp³-hybridized carbons (Fsp3) is 0.133. The summed E-state index contributed by atoms with van der Waals surface area (Å²) in [6.07, 6.45) is -0.245. The van der Waals surface area contributed by atoms with Crippen LogP contribution in [0.4, 0.5) is 0 Å². The molecule has 3 nitrogen and oxygen atoms in total. The van der Waals surface area contributed by atoms with Crippen molar-refractivity contribution in [1.82, 2.24) is 4.98 Å². The number of nitrogens with zero attached hydrogens (tertiary/aromatic N) is 1. The number of furan rings is 1. The molecule has 96 valence electrons. The number of aliphatic hydroxyl groups is 1. The number of hydrogen-bond acceptors (Lipinski definition) is 3. The van der Waals surface area contributed by atoms with E-state index in [1.54, 1.807) is 12.1 Å². The molecule has 0 aliphatic carbocycles. The minimum atomic E-state index is -0.681. The van der Waals surface area contributed by atoms with E-state index in [1.165, 1.54) is 0 Å². The number of benzene rings is 1. The topological polar surface area (TPSA) is 46.3 Å². The van der Waals surface area contributed by atoms with Gasteiger partial charge in [0, 0.05) is 17.5 Å². The van der Waals surface area contributed by atoms with Crippen molar-refractivity contribution in [3.63, 3.8) is 0 Å². The largest absolute Gasteiger partial charge is 0.452 e. The van der Waals surface area contributed by atoms with Crippen LogP contribution in [0.25, 0.3) is 10.9 Å². The molecule has 0 aliphatic rings. The Kier molecular flexibility index (Phi) is 3.36. The fourth-order valence-corrected chi connectivity index (χ4v) is 2.35. The number of aromatic nitrogens is 1. The van der Waals surface area contributed by atoms with E-state index in [0.29, 0.717) is 16.9 Å². The molecule has 0 aliphatic heterocycles. The van der Waals surface area contributed by atoms with Gasteiger partial charge in [0.05, 0.1) is 5.52 Å². The van der Waals surface area contributed by atoms with E-state index in [9.17, 15) is 5.11 Å². The summed E-state index contributed by atoms with van der Waals surface area (Å²) in [7, 11) is 0. The predicted molar refractivity (Wildman–Crippen MR) is 76.8 cm³/mol. The maximum absolute atomic E-state index is 10.1. The molecule has 0 radical (unpaired) electrons. The number of pyridine rings is 1. The van der Waals surface area contributed by atoms with Crippen molar-refractivity contribution in [2.45, 2.75) is 12.5 Å². The third-order valence-electron chi connectivity index (χ3n) is 2.98. The van der Waals surface area contributed by atoms with E-state index in [0.717, 1.165) is 16.6 Å². The van der Waals surface area contributed by atoms with Gasteiger partial charge in [-0.1, -0.05) is 24.3 Å². The molecule has 19 heavy (non-hydrogen) atoms. The molecule has 0 saturated heterocycles. The highest BCUT2D eigenvalue weighted by molar-refractivity contribution is 9.10. The quantitative estimate of drug-likeness (QED) is 0.797. The number of para-hydroxylation sites is 1. The van der Waals surface area contributed by atoms with E-state index in [2.05, 4.69) is 20.9 Å². The van der Waals surface area contributed by atoms with Crippen LogP contribution in [0.3, 0.4) is 0 Å². The van der Waals surface area contributed by atoms with Crippen LogP contribution in [0.1, 0.15) is 17.6 Å². The van der Waals surface area contributed by atoms with Gasteiger partial charge in [-0.2, -0.15) is 0 Å². The first-order valence-corrected chi connectivity index (χ1v) is 6.79.